The minimum absolute atomic E-state index is 0.00108. The van der Waals surface area contributed by atoms with Crippen LogP contribution in [-0.4, -0.2) is 52.6 Å². The second-order valence-corrected chi connectivity index (χ2v) is 13.0. The van der Waals surface area contributed by atoms with Crippen LogP contribution in [0.25, 0.3) is 0 Å². The second-order valence-electron chi connectivity index (χ2n) is 13.0. The molecular formula is C39H73NO4. The van der Waals surface area contributed by atoms with E-state index < -0.39 is 6.10 Å². The van der Waals surface area contributed by atoms with Crippen molar-refractivity contribution in [2.24, 2.45) is 5.92 Å². The molecule has 0 spiro atoms. The van der Waals surface area contributed by atoms with Gasteiger partial charge in [0.15, 0.2) is 0 Å². The van der Waals surface area contributed by atoms with E-state index in [1.165, 1.54) is 96.3 Å². The lowest BCUT2D eigenvalue weighted by Crippen LogP contribution is -2.49. The van der Waals surface area contributed by atoms with Crippen LogP contribution < -0.4 is 0 Å². The number of allylic oxidation sites excluding steroid dienone is 4. The quantitative estimate of drug-likeness (QED) is 0.0435. The number of carbonyl (C=O) groups excluding carboxylic acids is 2. The number of hydrogen-bond acceptors (Lipinski definition) is 4. The van der Waals surface area contributed by atoms with E-state index in [0.29, 0.717) is 6.42 Å². The third-order valence-corrected chi connectivity index (χ3v) is 9.00. The lowest BCUT2D eigenvalue weighted by atomic mass is 9.86. The van der Waals surface area contributed by atoms with Gasteiger partial charge in [-0.15, -0.1) is 0 Å². The third-order valence-electron chi connectivity index (χ3n) is 9.00. The summed E-state index contributed by atoms with van der Waals surface area (Å²) >= 11 is 0. The number of aldehydes is 1. The maximum absolute atomic E-state index is 13.3. The Bertz CT molecular complexity index is 690. The number of aliphatic hydroxyl groups is 2. The van der Waals surface area contributed by atoms with Crippen LogP contribution >= 0.6 is 0 Å². The summed E-state index contributed by atoms with van der Waals surface area (Å²) < 4.78 is 0. The van der Waals surface area contributed by atoms with Crippen LogP contribution in [0.2, 0.25) is 0 Å². The SMILES string of the molecule is CCCCCC=CCC=CCCCCCCCC(=O)N(CCO)C(CC=O)C(CCCCCCCCCCCCC)C(C)O. The molecule has 0 saturated heterocycles. The molecule has 3 unspecified atom stereocenters. The van der Waals surface area contributed by atoms with Gasteiger partial charge in [0.1, 0.15) is 6.29 Å². The number of amides is 1. The highest BCUT2D eigenvalue weighted by Gasteiger charge is 2.32. The van der Waals surface area contributed by atoms with Gasteiger partial charge in [-0.2, -0.15) is 0 Å². The third kappa shape index (κ3) is 24.8. The zero-order valence-corrected chi connectivity index (χ0v) is 29.4. The molecule has 1 amide bonds. The van der Waals surface area contributed by atoms with Crippen LogP contribution in [0.15, 0.2) is 24.3 Å². The molecule has 0 aliphatic rings. The number of carbonyl (C=O) groups is 2. The Balaban J connectivity index is 4.43. The summed E-state index contributed by atoms with van der Waals surface area (Å²) in [6, 6.07) is -0.353. The van der Waals surface area contributed by atoms with E-state index in [9.17, 15) is 19.8 Å². The Morgan fingerprint density at radius 1 is 0.682 bits per heavy atom. The fourth-order valence-electron chi connectivity index (χ4n) is 6.25. The number of unbranched alkanes of at least 4 members (excludes halogenated alkanes) is 18. The van der Waals surface area contributed by atoms with E-state index in [1.807, 2.05) is 0 Å². The summed E-state index contributed by atoms with van der Waals surface area (Å²) in [5.74, 6) is -0.153. The van der Waals surface area contributed by atoms with Crippen LogP contribution in [0, 0.1) is 5.92 Å². The fraction of sp³-hybridized carbons (Fsp3) is 0.846. The van der Waals surface area contributed by atoms with Crippen molar-refractivity contribution in [3.05, 3.63) is 24.3 Å². The van der Waals surface area contributed by atoms with Gasteiger partial charge in [-0.25, -0.2) is 0 Å². The Morgan fingerprint density at radius 3 is 1.68 bits per heavy atom. The predicted molar refractivity (Wildman–Crippen MR) is 189 cm³/mol. The minimum Gasteiger partial charge on any atom is -0.395 e. The van der Waals surface area contributed by atoms with Gasteiger partial charge >= 0.3 is 0 Å². The molecule has 0 fully saturated rings. The molecule has 44 heavy (non-hydrogen) atoms. The van der Waals surface area contributed by atoms with Gasteiger partial charge in [-0.05, 0) is 51.9 Å². The molecule has 0 aromatic heterocycles. The minimum atomic E-state index is -0.604. The van der Waals surface area contributed by atoms with E-state index in [0.717, 1.165) is 57.7 Å². The first-order valence-corrected chi connectivity index (χ1v) is 18.8. The molecule has 5 heteroatoms. The van der Waals surface area contributed by atoms with Crippen LogP contribution in [0.3, 0.4) is 0 Å². The van der Waals surface area contributed by atoms with Gasteiger partial charge in [0.25, 0.3) is 0 Å². The van der Waals surface area contributed by atoms with Crippen LogP contribution in [0.1, 0.15) is 181 Å². The Hall–Kier alpha value is -1.46. The molecule has 0 aromatic rings. The van der Waals surface area contributed by atoms with E-state index in [4.69, 9.17) is 0 Å². The zero-order valence-electron chi connectivity index (χ0n) is 29.4. The van der Waals surface area contributed by atoms with Gasteiger partial charge in [0.2, 0.25) is 5.91 Å². The summed E-state index contributed by atoms with van der Waals surface area (Å²) in [5, 5.41) is 20.4. The molecular weight excluding hydrogens is 546 g/mol. The molecule has 2 N–H and O–H groups in total. The Morgan fingerprint density at radius 2 is 1.16 bits per heavy atom. The largest absolute Gasteiger partial charge is 0.395 e. The molecule has 0 aliphatic heterocycles. The van der Waals surface area contributed by atoms with Crippen LogP contribution in [0.4, 0.5) is 0 Å². The number of rotatable bonds is 33. The summed E-state index contributed by atoms with van der Waals surface area (Å²) in [6.07, 6.45) is 37.3. The lowest BCUT2D eigenvalue weighted by molar-refractivity contribution is -0.137. The molecule has 0 aromatic carbocycles. The molecule has 258 valence electrons. The monoisotopic (exact) mass is 620 g/mol. The van der Waals surface area contributed by atoms with Crippen molar-refractivity contribution in [2.75, 3.05) is 13.2 Å². The fourth-order valence-corrected chi connectivity index (χ4v) is 6.25. The first-order chi connectivity index (χ1) is 21.5. The normalized spacial score (nSPS) is 13.9. The predicted octanol–water partition coefficient (Wildman–Crippen LogP) is 10.3. The summed E-state index contributed by atoms with van der Waals surface area (Å²) in [7, 11) is 0. The number of hydrogen-bond donors (Lipinski definition) is 2. The van der Waals surface area contributed by atoms with E-state index >= 15 is 0 Å². The first kappa shape index (κ1) is 42.5. The van der Waals surface area contributed by atoms with Crippen molar-refractivity contribution in [1.29, 1.82) is 0 Å². The lowest BCUT2D eigenvalue weighted by Gasteiger charge is -2.38. The van der Waals surface area contributed by atoms with Gasteiger partial charge in [-0.3, -0.25) is 4.79 Å². The molecule has 0 aliphatic carbocycles. The van der Waals surface area contributed by atoms with Gasteiger partial charge in [-0.1, -0.05) is 141 Å². The summed E-state index contributed by atoms with van der Waals surface area (Å²) in [6.45, 7) is 6.36. The molecule has 0 saturated carbocycles. The number of nitrogens with zero attached hydrogens (tertiary/aromatic N) is 1. The molecule has 0 heterocycles. The molecule has 0 bridgehead atoms. The van der Waals surface area contributed by atoms with E-state index in [-0.39, 0.29) is 37.4 Å². The van der Waals surface area contributed by atoms with Crippen molar-refractivity contribution in [3.8, 4) is 0 Å². The van der Waals surface area contributed by atoms with Crippen molar-refractivity contribution >= 4 is 12.2 Å². The first-order valence-electron chi connectivity index (χ1n) is 18.8. The van der Waals surface area contributed by atoms with E-state index in [2.05, 4.69) is 38.2 Å². The average molecular weight is 620 g/mol. The maximum atomic E-state index is 13.3. The standard InChI is InChI=1S/C39H73NO4/c1-4-6-8-10-12-14-16-17-18-19-21-23-25-27-29-31-39(44)40(33-35-42)38(32-34-41)37(36(3)43)30-28-26-24-22-20-15-13-11-9-7-5-2/h12,14,17-18,34,36-38,42-43H,4-11,13,15-16,19-33,35H2,1-3H3. The molecule has 0 radical (unpaired) electrons. The van der Waals surface area contributed by atoms with Crippen molar-refractivity contribution in [2.45, 2.75) is 193 Å². The van der Waals surface area contributed by atoms with Gasteiger partial charge in [0.05, 0.1) is 12.7 Å². The van der Waals surface area contributed by atoms with Crippen molar-refractivity contribution in [3.63, 3.8) is 0 Å². The highest BCUT2D eigenvalue weighted by molar-refractivity contribution is 5.77. The molecule has 3 atom stereocenters. The van der Waals surface area contributed by atoms with Crippen LogP contribution in [0.5, 0.6) is 0 Å². The zero-order chi connectivity index (χ0) is 32.5. The molecule has 0 rings (SSSR count). The van der Waals surface area contributed by atoms with E-state index in [1.54, 1.807) is 11.8 Å². The highest BCUT2D eigenvalue weighted by Crippen LogP contribution is 2.26. The number of aliphatic hydroxyl groups excluding tert-OH is 2. The van der Waals surface area contributed by atoms with Crippen molar-refractivity contribution in [1.82, 2.24) is 4.90 Å². The summed E-state index contributed by atoms with van der Waals surface area (Å²) in [4.78, 5) is 26.6. The Labute approximate surface area is 273 Å². The average Bonchev–Trinajstić information content (AvgIpc) is 3.01. The van der Waals surface area contributed by atoms with Crippen LogP contribution in [-0.2, 0) is 9.59 Å². The topological polar surface area (TPSA) is 77.8 Å². The maximum Gasteiger partial charge on any atom is 0.222 e. The summed E-state index contributed by atoms with van der Waals surface area (Å²) in [5.41, 5.74) is 0. The van der Waals surface area contributed by atoms with Gasteiger partial charge < -0.3 is 19.9 Å². The van der Waals surface area contributed by atoms with Gasteiger partial charge in [0, 0.05) is 31.3 Å². The Kier molecular flexibility index (Phi) is 31.8. The highest BCUT2D eigenvalue weighted by atomic mass is 16.3. The molecule has 5 nitrogen and oxygen atoms in total. The van der Waals surface area contributed by atoms with Crippen molar-refractivity contribution < 1.29 is 19.8 Å². The second kappa shape index (κ2) is 32.9. The smallest absolute Gasteiger partial charge is 0.222 e.